The Balaban J connectivity index is 1.71. The minimum Gasteiger partial charge on any atom is -0.507 e. The molecule has 1 fully saturated rings. The van der Waals surface area contributed by atoms with Gasteiger partial charge in [0.2, 0.25) is 0 Å². The Morgan fingerprint density at radius 3 is 2.26 bits per heavy atom. The van der Waals surface area contributed by atoms with Gasteiger partial charge >= 0.3 is 5.91 Å². The van der Waals surface area contributed by atoms with Gasteiger partial charge in [0.25, 0.3) is 5.78 Å². The van der Waals surface area contributed by atoms with Crippen LogP contribution in [0.15, 0.2) is 78.4 Å². The predicted octanol–water partition coefficient (Wildman–Crippen LogP) is 6.87. The Morgan fingerprint density at radius 2 is 1.63 bits per heavy atom. The number of Topliss-reactive ketones (excluding diaryl/α,β-unsaturated/α-hetero) is 1. The number of benzene rings is 3. The summed E-state index contributed by atoms with van der Waals surface area (Å²) < 4.78 is 0.906. The van der Waals surface area contributed by atoms with Crippen LogP contribution in [0.1, 0.15) is 43.5 Å². The van der Waals surface area contributed by atoms with Crippen molar-refractivity contribution >= 4 is 55.7 Å². The minimum absolute atomic E-state index is 0.0279. The number of para-hydroxylation sites is 1. The van der Waals surface area contributed by atoms with Crippen LogP contribution in [0.2, 0.25) is 5.02 Å². The summed E-state index contributed by atoms with van der Waals surface area (Å²) >= 11 is 7.35. The van der Waals surface area contributed by atoms with Gasteiger partial charge in [-0.1, -0.05) is 80.1 Å². The van der Waals surface area contributed by atoms with Crippen molar-refractivity contribution in [3.63, 3.8) is 0 Å². The molecular formula is C28H23ClN2O3S. The molecule has 5 nitrogen and oxygen atoms in total. The first kappa shape index (κ1) is 23.3. The van der Waals surface area contributed by atoms with Gasteiger partial charge in [0, 0.05) is 10.6 Å². The Kier molecular flexibility index (Phi) is 5.74. The number of nitrogens with zero attached hydrogens (tertiary/aromatic N) is 2. The molecule has 1 amide bonds. The van der Waals surface area contributed by atoms with Crippen molar-refractivity contribution in [1.29, 1.82) is 0 Å². The number of aliphatic hydroxyl groups excluding tert-OH is 1. The van der Waals surface area contributed by atoms with E-state index in [1.54, 1.807) is 24.3 Å². The molecule has 0 aliphatic carbocycles. The van der Waals surface area contributed by atoms with E-state index in [0.717, 1.165) is 15.8 Å². The Morgan fingerprint density at radius 1 is 0.971 bits per heavy atom. The topological polar surface area (TPSA) is 70.5 Å². The van der Waals surface area contributed by atoms with Gasteiger partial charge in [-0.25, -0.2) is 4.98 Å². The number of rotatable bonds is 3. The molecule has 176 valence electrons. The van der Waals surface area contributed by atoms with E-state index in [-0.39, 0.29) is 16.7 Å². The third-order valence-electron chi connectivity index (χ3n) is 6.14. The van der Waals surface area contributed by atoms with Crippen LogP contribution < -0.4 is 4.90 Å². The summed E-state index contributed by atoms with van der Waals surface area (Å²) in [7, 11) is 0. The van der Waals surface area contributed by atoms with Crippen molar-refractivity contribution < 1.29 is 14.7 Å². The van der Waals surface area contributed by atoms with E-state index in [0.29, 0.717) is 21.3 Å². The van der Waals surface area contributed by atoms with E-state index in [1.165, 1.54) is 16.2 Å². The zero-order chi connectivity index (χ0) is 24.9. The van der Waals surface area contributed by atoms with Crippen LogP contribution in [0.25, 0.3) is 16.0 Å². The second kappa shape index (κ2) is 8.63. The first-order chi connectivity index (χ1) is 16.6. The van der Waals surface area contributed by atoms with E-state index < -0.39 is 17.7 Å². The van der Waals surface area contributed by atoms with Gasteiger partial charge in [0.1, 0.15) is 5.76 Å². The molecule has 4 aromatic rings. The first-order valence-corrected chi connectivity index (χ1v) is 12.4. The van der Waals surface area contributed by atoms with Gasteiger partial charge in [0.05, 0.1) is 21.8 Å². The lowest BCUT2D eigenvalue weighted by atomic mass is 9.85. The van der Waals surface area contributed by atoms with E-state index in [4.69, 9.17) is 11.6 Å². The largest absolute Gasteiger partial charge is 0.507 e. The summed E-state index contributed by atoms with van der Waals surface area (Å²) in [6.45, 7) is 6.36. The number of hydrogen-bond acceptors (Lipinski definition) is 5. The number of carbonyl (C=O) groups is 2. The number of aromatic nitrogens is 1. The number of fused-ring (bicyclic) bond motifs is 1. The smallest absolute Gasteiger partial charge is 0.301 e. The fraction of sp³-hybridized carbons (Fsp3) is 0.179. The second-order valence-electron chi connectivity index (χ2n) is 9.51. The molecule has 0 unspecified atom stereocenters. The number of halogens is 1. The minimum atomic E-state index is -0.819. The van der Waals surface area contributed by atoms with Gasteiger partial charge in [-0.05, 0) is 52.9 Å². The third-order valence-corrected chi connectivity index (χ3v) is 7.43. The molecule has 0 saturated carbocycles. The summed E-state index contributed by atoms with van der Waals surface area (Å²) in [5.74, 6) is -1.71. The van der Waals surface area contributed by atoms with Crippen molar-refractivity contribution in [3.8, 4) is 0 Å². The molecule has 1 aliphatic heterocycles. The lowest BCUT2D eigenvalue weighted by Crippen LogP contribution is -2.29. The number of carbonyl (C=O) groups excluding carboxylic acids is 2. The highest BCUT2D eigenvalue weighted by Crippen LogP contribution is 2.44. The van der Waals surface area contributed by atoms with Gasteiger partial charge in [-0.3, -0.25) is 14.5 Å². The Hall–Kier alpha value is -3.48. The van der Waals surface area contributed by atoms with Crippen LogP contribution >= 0.6 is 22.9 Å². The quantitative estimate of drug-likeness (QED) is 0.188. The highest BCUT2D eigenvalue weighted by Gasteiger charge is 2.48. The molecule has 35 heavy (non-hydrogen) atoms. The zero-order valence-corrected chi connectivity index (χ0v) is 21.0. The molecule has 0 bridgehead atoms. The fourth-order valence-corrected chi connectivity index (χ4v) is 5.36. The van der Waals surface area contributed by atoms with E-state index >= 15 is 0 Å². The van der Waals surface area contributed by atoms with Crippen LogP contribution in [0.5, 0.6) is 0 Å². The van der Waals surface area contributed by atoms with Gasteiger partial charge in [0.15, 0.2) is 5.13 Å². The fourth-order valence-electron chi connectivity index (χ4n) is 4.24. The van der Waals surface area contributed by atoms with Gasteiger partial charge in [-0.15, -0.1) is 0 Å². The average Bonchev–Trinajstić information content (AvgIpc) is 3.37. The summed E-state index contributed by atoms with van der Waals surface area (Å²) in [5.41, 5.74) is 2.96. The molecule has 0 spiro atoms. The molecule has 1 atom stereocenters. The van der Waals surface area contributed by atoms with E-state index in [2.05, 4.69) is 25.8 Å². The van der Waals surface area contributed by atoms with Crippen molar-refractivity contribution in [1.82, 2.24) is 4.98 Å². The summed E-state index contributed by atoms with van der Waals surface area (Å²) in [6.07, 6.45) is 0. The number of ketones is 1. The SMILES string of the molecule is CC(C)(C)c1ccc([C@H]2C(=C(O)c3ccc(Cl)cc3)C(=O)C(=O)N2c2nc3ccccc3s2)cc1. The normalized spacial score (nSPS) is 17.9. The highest BCUT2D eigenvalue weighted by atomic mass is 35.5. The lowest BCUT2D eigenvalue weighted by molar-refractivity contribution is -0.132. The molecule has 0 radical (unpaired) electrons. The van der Waals surface area contributed by atoms with Crippen molar-refractivity contribution in [2.75, 3.05) is 4.90 Å². The van der Waals surface area contributed by atoms with Gasteiger partial charge in [-0.2, -0.15) is 0 Å². The number of amides is 1. The standard InChI is InChI=1S/C28H23ClN2O3S/c1-28(2,3)18-12-8-16(9-13-18)23-22(24(32)17-10-14-19(29)15-11-17)25(33)26(34)31(23)27-30-20-6-4-5-7-21(20)35-27/h4-15,23,32H,1-3H3/t23-/m0/s1. The van der Waals surface area contributed by atoms with Crippen LogP contribution in [0.4, 0.5) is 5.13 Å². The molecule has 1 aliphatic rings. The number of aliphatic hydroxyl groups is 1. The van der Waals surface area contributed by atoms with Crippen LogP contribution in [0, 0.1) is 0 Å². The molecular weight excluding hydrogens is 480 g/mol. The molecule has 1 aromatic heterocycles. The van der Waals surface area contributed by atoms with Crippen molar-refractivity contribution in [2.45, 2.75) is 32.2 Å². The maximum Gasteiger partial charge on any atom is 0.301 e. The number of hydrogen-bond donors (Lipinski definition) is 1. The predicted molar refractivity (Wildman–Crippen MR) is 141 cm³/mol. The highest BCUT2D eigenvalue weighted by molar-refractivity contribution is 7.22. The summed E-state index contributed by atoms with van der Waals surface area (Å²) in [4.78, 5) is 32.8. The Labute approximate surface area is 212 Å². The van der Waals surface area contributed by atoms with Crippen LogP contribution in [-0.4, -0.2) is 21.8 Å². The zero-order valence-electron chi connectivity index (χ0n) is 19.4. The average molecular weight is 503 g/mol. The molecule has 1 N–H and O–H groups in total. The number of thiazole rings is 1. The Bertz CT molecular complexity index is 1450. The molecule has 7 heteroatoms. The van der Waals surface area contributed by atoms with Crippen LogP contribution in [0.3, 0.4) is 0 Å². The summed E-state index contributed by atoms with van der Waals surface area (Å²) in [5, 5.41) is 12.2. The lowest BCUT2D eigenvalue weighted by Gasteiger charge is -2.24. The monoisotopic (exact) mass is 502 g/mol. The van der Waals surface area contributed by atoms with Crippen LogP contribution in [-0.2, 0) is 15.0 Å². The summed E-state index contributed by atoms with van der Waals surface area (Å²) in [6, 6.07) is 21.1. The number of anilines is 1. The molecule has 5 rings (SSSR count). The van der Waals surface area contributed by atoms with Crippen molar-refractivity contribution in [2.24, 2.45) is 0 Å². The first-order valence-electron chi connectivity index (χ1n) is 11.2. The maximum absolute atomic E-state index is 13.4. The third kappa shape index (κ3) is 4.13. The van der Waals surface area contributed by atoms with Gasteiger partial charge < -0.3 is 5.11 Å². The second-order valence-corrected chi connectivity index (χ2v) is 11.0. The van der Waals surface area contributed by atoms with Crippen molar-refractivity contribution in [3.05, 3.63) is 100 Å². The maximum atomic E-state index is 13.4. The molecule has 1 saturated heterocycles. The van der Waals surface area contributed by atoms with E-state index in [1.807, 2.05) is 48.5 Å². The molecule has 2 heterocycles. The molecule has 3 aromatic carbocycles. The van der Waals surface area contributed by atoms with E-state index in [9.17, 15) is 14.7 Å².